The van der Waals surface area contributed by atoms with E-state index >= 15 is 0 Å². The Labute approximate surface area is 112 Å². The highest BCUT2D eigenvalue weighted by Gasteiger charge is 2.06. The minimum absolute atomic E-state index is 0.382. The molecule has 0 radical (unpaired) electrons. The van der Waals surface area contributed by atoms with Crippen molar-refractivity contribution in [2.75, 3.05) is 12.8 Å². The molecule has 2 aromatic carbocycles. The third-order valence-corrected chi connectivity index (χ3v) is 2.98. The quantitative estimate of drug-likeness (QED) is 0.872. The van der Waals surface area contributed by atoms with Crippen molar-refractivity contribution in [3.05, 3.63) is 46.7 Å². The van der Waals surface area contributed by atoms with E-state index in [1.165, 1.54) is 6.07 Å². The van der Waals surface area contributed by atoms with Crippen LogP contribution < -0.4 is 15.2 Å². The van der Waals surface area contributed by atoms with Crippen LogP contribution in [0.15, 0.2) is 40.9 Å². The summed E-state index contributed by atoms with van der Waals surface area (Å²) in [7, 11) is 1.55. The van der Waals surface area contributed by atoms with Gasteiger partial charge in [0.1, 0.15) is 17.3 Å². The molecule has 0 atom stereocenters. The molecule has 0 saturated carbocycles. The number of anilines is 1. The van der Waals surface area contributed by atoms with Gasteiger partial charge < -0.3 is 15.2 Å². The van der Waals surface area contributed by atoms with Crippen LogP contribution in [-0.2, 0) is 0 Å². The maximum Gasteiger partial charge on any atom is 0.150 e. The molecule has 5 heteroatoms. The van der Waals surface area contributed by atoms with Gasteiger partial charge in [0.25, 0.3) is 0 Å². The Morgan fingerprint density at radius 1 is 1.11 bits per heavy atom. The highest BCUT2D eigenvalue weighted by molar-refractivity contribution is 9.10. The van der Waals surface area contributed by atoms with Gasteiger partial charge in [-0.1, -0.05) is 0 Å². The fraction of sp³-hybridized carbons (Fsp3) is 0.0769. The van der Waals surface area contributed by atoms with Crippen molar-refractivity contribution >= 4 is 21.6 Å². The van der Waals surface area contributed by atoms with Crippen molar-refractivity contribution in [1.82, 2.24) is 0 Å². The highest BCUT2D eigenvalue weighted by atomic mass is 79.9. The lowest BCUT2D eigenvalue weighted by Gasteiger charge is -2.10. The van der Waals surface area contributed by atoms with E-state index < -0.39 is 0 Å². The highest BCUT2D eigenvalue weighted by Crippen LogP contribution is 2.31. The third-order valence-electron chi connectivity index (χ3n) is 2.34. The Hall–Kier alpha value is -1.75. The topological polar surface area (TPSA) is 44.5 Å². The van der Waals surface area contributed by atoms with Gasteiger partial charge in [0.2, 0.25) is 0 Å². The molecule has 94 valence electrons. The van der Waals surface area contributed by atoms with Crippen molar-refractivity contribution in [2.24, 2.45) is 0 Å². The van der Waals surface area contributed by atoms with E-state index in [1.54, 1.807) is 37.4 Å². The summed E-state index contributed by atoms with van der Waals surface area (Å²) in [5.74, 6) is 1.09. The molecular weight excluding hydrogens is 301 g/mol. The molecule has 0 aromatic heterocycles. The van der Waals surface area contributed by atoms with Gasteiger partial charge >= 0.3 is 0 Å². The average Bonchev–Trinajstić information content (AvgIpc) is 2.36. The summed E-state index contributed by atoms with van der Waals surface area (Å²) in [4.78, 5) is 0. The van der Waals surface area contributed by atoms with Crippen LogP contribution in [0.4, 0.5) is 10.1 Å². The van der Waals surface area contributed by atoms with Crippen molar-refractivity contribution in [1.29, 1.82) is 0 Å². The first-order chi connectivity index (χ1) is 8.60. The van der Waals surface area contributed by atoms with Crippen molar-refractivity contribution < 1.29 is 13.9 Å². The van der Waals surface area contributed by atoms with E-state index in [-0.39, 0.29) is 5.82 Å². The number of benzene rings is 2. The second-order valence-corrected chi connectivity index (χ2v) is 4.44. The van der Waals surface area contributed by atoms with E-state index in [0.29, 0.717) is 27.4 Å². The van der Waals surface area contributed by atoms with Crippen LogP contribution >= 0.6 is 15.9 Å². The summed E-state index contributed by atoms with van der Waals surface area (Å²) in [6, 6.07) is 9.55. The smallest absolute Gasteiger partial charge is 0.150 e. The molecule has 0 spiro atoms. The second-order valence-electron chi connectivity index (χ2n) is 3.58. The normalized spacial score (nSPS) is 10.2. The monoisotopic (exact) mass is 311 g/mol. The number of rotatable bonds is 3. The molecular formula is C13H11BrFNO2. The second kappa shape index (κ2) is 5.27. The molecule has 2 rings (SSSR count). The summed E-state index contributed by atoms with van der Waals surface area (Å²) in [5.41, 5.74) is 6.23. The first kappa shape index (κ1) is 12.7. The lowest BCUT2D eigenvalue weighted by molar-refractivity contribution is 0.413. The lowest BCUT2D eigenvalue weighted by Crippen LogP contribution is -1.94. The number of nitrogens with two attached hydrogens (primary N) is 1. The van der Waals surface area contributed by atoms with E-state index in [4.69, 9.17) is 15.2 Å². The molecule has 2 N–H and O–H groups in total. The van der Waals surface area contributed by atoms with Crippen molar-refractivity contribution in [3.63, 3.8) is 0 Å². The number of hydrogen-bond donors (Lipinski definition) is 1. The van der Waals surface area contributed by atoms with Crippen LogP contribution in [-0.4, -0.2) is 7.11 Å². The van der Waals surface area contributed by atoms with Gasteiger partial charge in [-0.3, -0.25) is 0 Å². The predicted octanol–water partition coefficient (Wildman–Crippen LogP) is 3.97. The number of halogens is 2. The number of ether oxygens (including phenoxy) is 2. The molecule has 2 aromatic rings. The number of nitrogen functional groups attached to an aromatic ring is 1. The molecule has 0 aliphatic carbocycles. The summed E-state index contributed by atoms with van der Waals surface area (Å²) < 4.78 is 24.2. The van der Waals surface area contributed by atoms with Gasteiger partial charge in [-0.15, -0.1) is 0 Å². The largest absolute Gasteiger partial charge is 0.497 e. The molecule has 0 aliphatic heterocycles. The zero-order valence-electron chi connectivity index (χ0n) is 9.61. The molecule has 0 amide bonds. The van der Waals surface area contributed by atoms with E-state index in [2.05, 4.69) is 15.9 Å². The maximum atomic E-state index is 13.3. The minimum atomic E-state index is -0.389. The van der Waals surface area contributed by atoms with Gasteiger partial charge in [-0.2, -0.15) is 0 Å². The fourth-order valence-corrected chi connectivity index (χ4v) is 1.66. The van der Waals surface area contributed by atoms with Gasteiger partial charge in [-0.25, -0.2) is 4.39 Å². The predicted molar refractivity (Wildman–Crippen MR) is 71.6 cm³/mol. The van der Waals surface area contributed by atoms with Crippen LogP contribution in [0, 0.1) is 5.82 Å². The Kier molecular flexibility index (Phi) is 3.72. The Morgan fingerprint density at radius 2 is 1.83 bits per heavy atom. The van der Waals surface area contributed by atoms with Crippen LogP contribution in [0.5, 0.6) is 17.2 Å². The standard InChI is InChI=1S/C13H11BrFNO2/c1-17-8-3-5-13(12(16)7-8)18-9-2-4-10(14)11(15)6-9/h2-7H,16H2,1H3. The van der Waals surface area contributed by atoms with Crippen LogP contribution in [0.2, 0.25) is 0 Å². The lowest BCUT2D eigenvalue weighted by atomic mass is 10.2. The molecule has 0 heterocycles. The minimum Gasteiger partial charge on any atom is -0.497 e. The zero-order chi connectivity index (χ0) is 13.1. The van der Waals surface area contributed by atoms with Crippen molar-refractivity contribution in [3.8, 4) is 17.2 Å². The fourth-order valence-electron chi connectivity index (χ4n) is 1.41. The third kappa shape index (κ3) is 2.73. The molecule has 0 aliphatic rings. The number of methoxy groups -OCH3 is 1. The van der Waals surface area contributed by atoms with Crippen molar-refractivity contribution in [2.45, 2.75) is 0 Å². The first-order valence-corrected chi connectivity index (χ1v) is 5.96. The zero-order valence-corrected chi connectivity index (χ0v) is 11.2. The summed E-state index contributed by atoms with van der Waals surface area (Å²) in [6.45, 7) is 0. The van der Waals surface area contributed by atoms with E-state index in [0.717, 1.165) is 0 Å². The molecule has 0 unspecified atom stereocenters. The molecule has 18 heavy (non-hydrogen) atoms. The van der Waals surface area contributed by atoms with Gasteiger partial charge in [-0.05, 0) is 40.2 Å². The molecule has 0 bridgehead atoms. The summed E-state index contributed by atoms with van der Waals surface area (Å²) >= 11 is 3.08. The van der Waals surface area contributed by atoms with Gasteiger partial charge in [0.05, 0.1) is 17.3 Å². The van der Waals surface area contributed by atoms with Crippen LogP contribution in [0.3, 0.4) is 0 Å². The van der Waals surface area contributed by atoms with E-state index in [1.807, 2.05) is 0 Å². The summed E-state index contributed by atoms with van der Waals surface area (Å²) in [6.07, 6.45) is 0. The Balaban J connectivity index is 2.25. The van der Waals surface area contributed by atoms with Gasteiger partial charge in [0.15, 0.2) is 5.75 Å². The van der Waals surface area contributed by atoms with E-state index in [9.17, 15) is 4.39 Å². The first-order valence-electron chi connectivity index (χ1n) is 5.16. The molecule has 0 fully saturated rings. The van der Waals surface area contributed by atoms with Crippen LogP contribution in [0.25, 0.3) is 0 Å². The molecule has 0 saturated heterocycles. The summed E-state index contributed by atoms with van der Waals surface area (Å²) in [5, 5.41) is 0. The van der Waals surface area contributed by atoms with Gasteiger partial charge in [0, 0.05) is 12.1 Å². The Morgan fingerprint density at radius 3 is 2.44 bits per heavy atom. The number of hydrogen-bond acceptors (Lipinski definition) is 3. The molecule has 3 nitrogen and oxygen atoms in total. The van der Waals surface area contributed by atoms with Crippen LogP contribution in [0.1, 0.15) is 0 Å². The maximum absolute atomic E-state index is 13.3. The SMILES string of the molecule is COc1ccc(Oc2ccc(Br)c(F)c2)c(N)c1. The Bertz CT molecular complexity index is 575. The average molecular weight is 312 g/mol.